The van der Waals surface area contributed by atoms with Crippen LogP contribution in [-0.4, -0.2) is 42.6 Å². The van der Waals surface area contributed by atoms with Crippen LogP contribution in [0.5, 0.6) is 0 Å². The molecule has 0 heterocycles. The van der Waals surface area contributed by atoms with Crippen molar-refractivity contribution in [1.29, 1.82) is 0 Å². The van der Waals surface area contributed by atoms with Crippen molar-refractivity contribution in [1.82, 2.24) is 4.90 Å². The Kier molecular flexibility index (Phi) is 7.40. The van der Waals surface area contributed by atoms with Crippen LogP contribution < -0.4 is 5.73 Å². The summed E-state index contributed by atoms with van der Waals surface area (Å²) in [5, 5.41) is 0. The molecule has 0 fully saturated rings. The number of thioether (sulfide) groups is 1. The van der Waals surface area contributed by atoms with Crippen LogP contribution in [-0.2, 0) is 6.42 Å². The van der Waals surface area contributed by atoms with Crippen molar-refractivity contribution in [2.75, 3.05) is 25.6 Å². The van der Waals surface area contributed by atoms with E-state index in [1.807, 2.05) is 11.8 Å². The molecule has 0 saturated carbocycles. The quantitative estimate of drug-likeness (QED) is 0.784. The summed E-state index contributed by atoms with van der Waals surface area (Å²) in [7, 11) is 2.20. The largest absolute Gasteiger partial charge is 0.329 e. The van der Waals surface area contributed by atoms with Gasteiger partial charge in [0, 0.05) is 18.6 Å². The summed E-state index contributed by atoms with van der Waals surface area (Å²) in [6, 6.07) is 11.6. The van der Waals surface area contributed by atoms with Gasteiger partial charge in [0.2, 0.25) is 0 Å². The first-order valence-electron chi connectivity index (χ1n) is 6.64. The Balaban J connectivity index is 2.54. The van der Waals surface area contributed by atoms with E-state index in [2.05, 4.69) is 55.5 Å². The lowest BCUT2D eigenvalue weighted by atomic mass is 10.0. The van der Waals surface area contributed by atoms with Gasteiger partial charge >= 0.3 is 0 Å². The van der Waals surface area contributed by atoms with Gasteiger partial charge in [-0.15, -0.1) is 0 Å². The minimum absolute atomic E-state index is 0.434. The van der Waals surface area contributed by atoms with Gasteiger partial charge in [0.15, 0.2) is 0 Å². The molecule has 102 valence electrons. The van der Waals surface area contributed by atoms with E-state index in [0.717, 1.165) is 13.0 Å². The van der Waals surface area contributed by atoms with Crippen molar-refractivity contribution in [3.63, 3.8) is 0 Å². The Labute approximate surface area is 116 Å². The summed E-state index contributed by atoms with van der Waals surface area (Å²) in [6.07, 6.45) is 4.43. The zero-order chi connectivity index (χ0) is 13.4. The average molecular weight is 266 g/mol. The fourth-order valence-electron chi connectivity index (χ4n) is 2.13. The second kappa shape index (κ2) is 8.57. The van der Waals surface area contributed by atoms with Gasteiger partial charge in [-0.25, -0.2) is 0 Å². The second-order valence-electron chi connectivity index (χ2n) is 4.88. The molecule has 0 radical (unpaired) electrons. The smallest absolute Gasteiger partial charge is 0.0258 e. The number of benzene rings is 1. The molecule has 1 aromatic rings. The van der Waals surface area contributed by atoms with Gasteiger partial charge in [-0.3, -0.25) is 4.90 Å². The summed E-state index contributed by atoms with van der Waals surface area (Å²) in [4.78, 5) is 2.43. The molecular formula is C15H26N2S. The zero-order valence-electron chi connectivity index (χ0n) is 11.8. The molecule has 3 heteroatoms. The average Bonchev–Trinajstić information content (AvgIpc) is 2.42. The molecule has 0 saturated heterocycles. The molecule has 0 aliphatic heterocycles. The first-order valence-corrected chi connectivity index (χ1v) is 8.03. The van der Waals surface area contributed by atoms with Crippen LogP contribution in [0.4, 0.5) is 0 Å². The first-order chi connectivity index (χ1) is 8.69. The molecule has 0 aliphatic rings. The third-order valence-corrected chi connectivity index (χ3v) is 4.24. The molecule has 2 N–H and O–H groups in total. The molecule has 0 spiro atoms. The lowest BCUT2D eigenvalue weighted by molar-refractivity contribution is 0.183. The van der Waals surface area contributed by atoms with E-state index in [4.69, 9.17) is 5.73 Å². The maximum absolute atomic E-state index is 5.94. The lowest BCUT2D eigenvalue weighted by Crippen LogP contribution is -2.44. The monoisotopic (exact) mass is 266 g/mol. The number of nitrogens with zero attached hydrogens (tertiary/aromatic N) is 1. The molecule has 2 unspecified atom stereocenters. The molecule has 0 aromatic heterocycles. The Morgan fingerprint density at radius 2 is 1.94 bits per heavy atom. The van der Waals surface area contributed by atoms with E-state index in [1.165, 1.54) is 17.7 Å². The molecule has 0 bridgehead atoms. The Morgan fingerprint density at radius 1 is 1.28 bits per heavy atom. The van der Waals surface area contributed by atoms with Crippen LogP contribution in [0.1, 0.15) is 18.9 Å². The molecule has 0 aliphatic carbocycles. The standard InChI is InChI=1S/C15H26N2S/c1-13(9-10-18-3)17(2)15(12-16)11-14-7-5-4-6-8-14/h4-8,13,15H,9-12,16H2,1-3H3. The number of hydrogen-bond donors (Lipinski definition) is 1. The predicted octanol–water partition coefficient (Wildman–Crippen LogP) is 2.63. The van der Waals surface area contributed by atoms with E-state index >= 15 is 0 Å². The summed E-state index contributed by atoms with van der Waals surface area (Å²) in [5.74, 6) is 1.22. The van der Waals surface area contributed by atoms with E-state index in [0.29, 0.717) is 12.1 Å². The van der Waals surface area contributed by atoms with Gasteiger partial charge in [-0.2, -0.15) is 11.8 Å². The third-order valence-electron chi connectivity index (χ3n) is 3.60. The van der Waals surface area contributed by atoms with Crippen LogP contribution in [0, 0.1) is 0 Å². The first kappa shape index (κ1) is 15.5. The molecule has 1 rings (SSSR count). The van der Waals surface area contributed by atoms with E-state index in [1.54, 1.807) is 0 Å². The van der Waals surface area contributed by atoms with Crippen molar-refractivity contribution in [3.05, 3.63) is 35.9 Å². The highest BCUT2D eigenvalue weighted by Gasteiger charge is 2.18. The summed E-state index contributed by atoms with van der Waals surface area (Å²) in [6.45, 7) is 3.01. The normalized spacial score (nSPS) is 14.7. The second-order valence-corrected chi connectivity index (χ2v) is 5.86. The van der Waals surface area contributed by atoms with Gasteiger partial charge in [0.25, 0.3) is 0 Å². The summed E-state index contributed by atoms with van der Waals surface area (Å²) in [5.41, 5.74) is 7.31. The van der Waals surface area contributed by atoms with Gasteiger partial charge in [-0.1, -0.05) is 30.3 Å². The van der Waals surface area contributed by atoms with Crippen LogP contribution >= 0.6 is 11.8 Å². The number of hydrogen-bond acceptors (Lipinski definition) is 3. The van der Waals surface area contributed by atoms with Crippen LogP contribution in [0.25, 0.3) is 0 Å². The van der Waals surface area contributed by atoms with E-state index in [9.17, 15) is 0 Å². The topological polar surface area (TPSA) is 29.3 Å². The van der Waals surface area contributed by atoms with Crippen LogP contribution in [0.15, 0.2) is 30.3 Å². The minimum atomic E-state index is 0.434. The van der Waals surface area contributed by atoms with Gasteiger partial charge in [0.05, 0.1) is 0 Å². The molecule has 2 atom stereocenters. The molecule has 18 heavy (non-hydrogen) atoms. The highest BCUT2D eigenvalue weighted by Crippen LogP contribution is 2.13. The summed E-state index contributed by atoms with van der Waals surface area (Å²) < 4.78 is 0. The molecule has 1 aromatic carbocycles. The lowest BCUT2D eigenvalue weighted by Gasteiger charge is -2.32. The van der Waals surface area contributed by atoms with Crippen molar-refractivity contribution >= 4 is 11.8 Å². The third kappa shape index (κ3) is 5.01. The van der Waals surface area contributed by atoms with Gasteiger partial charge < -0.3 is 5.73 Å². The Morgan fingerprint density at radius 3 is 2.50 bits per heavy atom. The maximum Gasteiger partial charge on any atom is 0.0258 e. The predicted molar refractivity (Wildman–Crippen MR) is 83.2 cm³/mol. The Hall–Kier alpha value is -0.510. The van der Waals surface area contributed by atoms with Crippen molar-refractivity contribution in [3.8, 4) is 0 Å². The highest BCUT2D eigenvalue weighted by molar-refractivity contribution is 7.98. The number of rotatable bonds is 8. The highest BCUT2D eigenvalue weighted by atomic mass is 32.2. The fraction of sp³-hybridized carbons (Fsp3) is 0.600. The van der Waals surface area contributed by atoms with Gasteiger partial charge in [-0.05, 0) is 44.4 Å². The number of likely N-dealkylation sites (N-methyl/N-ethyl adjacent to an activating group) is 1. The van der Waals surface area contributed by atoms with E-state index in [-0.39, 0.29) is 0 Å². The minimum Gasteiger partial charge on any atom is -0.329 e. The summed E-state index contributed by atoms with van der Waals surface area (Å²) >= 11 is 1.91. The number of nitrogens with two attached hydrogens (primary N) is 1. The van der Waals surface area contributed by atoms with Crippen LogP contribution in [0.2, 0.25) is 0 Å². The molecular weight excluding hydrogens is 240 g/mol. The SMILES string of the molecule is CSCCC(C)N(C)C(CN)Cc1ccccc1. The van der Waals surface area contributed by atoms with Crippen LogP contribution in [0.3, 0.4) is 0 Å². The molecule has 0 amide bonds. The Bertz CT molecular complexity index is 316. The molecule has 2 nitrogen and oxygen atoms in total. The van der Waals surface area contributed by atoms with Crippen molar-refractivity contribution in [2.24, 2.45) is 5.73 Å². The van der Waals surface area contributed by atoms with Crippen molar-refractivity contribution in [2.45, 2.75) is 31.8 Å². The van der Waals surface area contributed by atoms with E-state index < -0.39 is 0 Å². The van der Waals surface area contributed by atoms with Gasteiger partial charge in [0.1, 0.15) is 0 Å². The fourth-order valence-corrected chi connectivity index (χ4v) is 2.71. The van der Waals surface area contributed by atoms with Crippen molar-refractivity contribution < 1.29 is 0 Å². The maximum atomic E-state index is 5.94. The zero-order valence-corrected chi connectivity index (χ0v) is 12.6.